The Morgan fingerprint density at radius 1 is 1.08 bits per heavy atom. The van der Waals surface area contributed by atoms with E-state index in [0.29, 0.717) is 0 Å². The van der Waals surface area contributed by atoms with Gasteiger partial charge in [-0.15, -0.1) is 23.5 Å². The van der Waals surface area contributed by atoms with Crippen LogP contribution in [0.3, 0.4) is 0 Å². The van der Waals surface area contributed by atoms with Crippen LogP contribution in [0.2, 0.25) is 0 Å². The highest BCUT2D eigenvalue weighted by Crippen LogP contribution is 2.36. The third kappa shape index (κ3) is 6.44. The van der Waals surface area contributed by atoms with Crippen molar-refractivity contribution < 1.29 is 20.4 Å². The summed E-state index contributed by atoms with van der Waals surface area (Å²) in [5.41, 5.74) is 1.04. The van der Waals surface area contributed by atoms with Crippen molar-refractivity contribution >= 4 is 35.8 Å². The number of rotatable bonds is 8. The van der Waals surface area contributed by atoms with Crippen LogP contribution in [0.25, 0.3) is 6.08 Å². The predicted octanol–water partition coefficient (Wildman–Crippen LogP) is 1.41. The maximum atomic E-state index is 10.5. The first-order valence-electron chi connectivity index (χ1n) is 8.26. The first kappa shape index (κ1) is 20.5. The van der Waals surface area contributed by atoms with Gasteiger partial charge in [-0.1, -0.05) is 36.4 Å². The molecule has 1 aliphatic heterocycles. The Morgan fingerprint density at radius 3 is 2.40 bits per heavy atom. The van der Waals surface area contributed by atoms with Crippen molar-refractivity contribution in [1.82, 2.24) is 0 Å². The van der Waals surface area contributed by atoms with Crippen LogP contribution in [-0.4, -0.2) is 73.7 Å². The molecule has 1 saturated heterocycles. The minimum Gasteiger partial charge on any atom is -0.394 e. The standard InChI is InChI=1S/C18H25NO4S2/c20-12-14(21)16(22)17(23)15(18-24-10-5-11-25-18)19-9-4-8-13-6-2-1-3-7-13/h1-4,6-9,14-18,20-23H,5,10-12H2/b8-4+,19-9?/t14-,15-,16-,17-/m1/s1. The number of hydrogen-bond donors (Lipinski definition) is 4. The monoisotopic (exact) mass is 383 g/mol. The molecule has 0 aromatic heterocycles. The topological polar surface area (TPSA) is 93.3 Å². The lowest BCUT2D eigenvalue weighted by Crippen LogP contribution is -2.48. The molecule has 0 radical (unpaired) electrons. The fourth-order valence-electron chi connectivity index (χ4n) is 2.43. The predicted molar refractivity (Wildman–Crippen MR) is 106 cm³/mol. The van der Waals surface area contributed by atoms with Crippen LogP contribution in [0, 0.1) is 0 Å². The van der Waals surface area contributed by atoms with Crippen LogP contribution in [0.1, 0.15) is 12.0 Å². The van der Waals surface area contributed by atoms with Gasteiger partial charge in [0.25, 0.3) is 0 Å². The van der Waals surface area contributed by atoms with E-state index in [1.165, 1.54) is 0 Å². The summed E-state index contributed by atoms with van der Waals surface area (Å²) >= 11 is 3.40. The highest BCUT2D eigenvalue weighted by molar-refractivity contribution is 8.17. The number of allylic oxidation sites excluding steroid dienone is 1. The van der Waals surface area contributed by atoms with Gasteiger partial charge >= 0.3 is 0 Å². The van der Waals surface area contributed by atoms with Crippen LogP contribution in [-0.2, 0) is 0 Å². The number of aliphatic hydroxyl groups is 4. The molecule has 1 heterocycles. The van der Waals surface area contributed by atoms with Gasteiger partial charge in [-0.05, 0) is 29.6 Å². The highest BCUT2D eigenvalue weighted by Gasteiger charge is 2.36. The fourth-order valence-corrected chi connectivity index (χ4v) is 5.52. The smallest absolute Gasteiger partial charge is 0.110 e. The highest BCUT2D eigenvalue weighted by atomic mass is 32.2. The fraction of sp³-hybridized carbons (Fsp3) is 0.500. The molecule has 25 heavy (non-hydrogen) atoms. The summed E-state index contributed by atoms with van der Waals surface area (Å²) in [7, 11) is 0. The largest absolute Gasteiger partial charge is 0.394 e. The Balaban J connectivity index is 2.07. The molecule has 138 valence electrons. The summed E-state index contributed by atoms with van der Waals surface area (Å²) in [6, 6.07) is 9.24. The van der Waals surface area contributed by atoms with Gasteiger partial charge < -0.3 is 20.4 Å². The Hall–Kier alpha value is -0.830. The average Bonchev–Trinajstić information content (AvgIpc) is 2.67. The molecule has 0 aliphatic carbocycles. The summed E-state index contributed by atoms with van der Waals surface area (Å²) in [5.74, 6) is 1.96. The number of thioether (sulfide) groups is 2. The Bertz CT molecular complexity index is 549. The number of hydrogen-bond acceptors (Lipinski definition) is 7. The second kappa shape index (κ2) is 11.0. The van der Waals surface area contributed by atoms with E-state index in [1.807, 2.05) is 36.4 Å². The first-order chi connectivity index (χ1) is 12.1. The second-order valence-corrected chi connectivity index (χ2v) is 8.55. The molecule has 0 spiro atoms. The van der Waals surface area contributed by atoms with E-state index in [0.717, 1.165) is 23.5 Å². The van der Waals surface area contributed by atoms with Crippen LogP contribution >= 0.6 is 23.5 Å². The van der Waals surface area contributed by atoms with E-state index in [-0.39, 0.29) is 4.58 Å². The molecule has 5 nitrogen and oxygen atoms in total. The van der Waals surface area contributed by atoms with Gasteiger partial charge in [0.2, 0.25) is 0 Å². The molecular formula is C18H25NO4S2. The second-order valence-electron chi connectivity index (χ2n) is 5.75. The maximum absolute atomic E-state index is 10.5. The van der Waals surface area contributed by atoms with E-state index < -0.39 is 31.0 Å². The lowest BCUT2D eigenvalue weighted by Gasteiger charge is -2.33. The van der Waals surface area contributed by atoms with Crippen LogP contribution < -0.4 is 0 Å². The molecule has 1 aromatic carbocycles. The van der Waals surface area contributed by atoms with E-state index >= 15 is 0 Å². The van der Waals surface area contributed by atoms with Gasteiger partial charge in [0.05, 0.1) is 17.2 Å². The molecule has 0 amide bonds. The third-order valence-corrected chi connectivity index (χ3v) is 6.93. The van der Waals surface area contributed by atoms with Crippen molar-refractivity contribution in [1.29, 1.82) is 0 Å². The summed E-state index contributed by atoms with van der Waals surface area (Å²) in [6.45, 7) is -0.604. The van der Waals surface area contributed by atoms with Crippen molar-refractivity contribution in [2.24, 2.45) is 4.99 Å². The van der Waals surface area contributed by atoms with E-state index in [4.69, 9.17) is 5.11 Å². The van der Waals surface area contributed by atoms with Crippen LogP contribution in [0.4, 0.5) is 0 Å². The molecule has 1 fully saturated rings. The normalized spacial score (nSPS) is 21.4. The molecule has 7 heteroatoms. The van der Waals surface area contributed by atoms with Gasteiger partial charge in [-0.2, -0.15) is 0 Å². The zero-order valence-electron chi connectivity index (χ0n) is 13.9. The third-order valence-electron chi connectivity index (χ3n) is 3.85. The minimum absolute atomic E-state index is 0.00525. The molecule has 4 N–H and O–H groups in total. The van der Waals surface area contributed by atoms with Crippen LogP contribution in [0.15, 0.2) is 41.4 Å². The molecule has 0 saturated carbocycles. The zero-order chi connectivity index (χ0) is 18.1. The molecule has 1 aromatic rings. The molecular weight excluding hydrogens is 358 g/mol. The van der Waals surface area contributed by atoms with Gasteiger partial charge in [0, 0.05) is 6.21 Å². The number of aliphatic imine (C=N–C) groups is 1. The molecule has 0 bridgehead atoms. The van der Waals surface area contributed by atoms with Crippen molar-refractivity contribution in [2.75, 3.05) is 18.1 Å². The Morgan fingerprint density at radius 2 is 1.76 bits per heavy atom. The van der Waals surface area contributed by atoms with Crippen molar-refractivity contribution in [3.05, 3.63) is 42.0 Å². The van der Waals surface area contributed by atoms with Gasteiger partial charge in [0.15, 0.2) is 0 Å². The van der Waals surface area contributed by atoms with E-state index in [9.17, 15) is 15.3 Å². The zero-order valence-corrected chi connectivity index (χ0v) is 15.5. The Labute approximate surface area is 156 Å². The minimum atomic E-state index is -1.44. The van der Waals surface area contributed by atoms with Crippen LogP contribution in [0.5, 0.6) is 0 Å². The van der Waals surface area contributed by atoms with E-state index in [2.05, 4.69) is 4.99 Å². The average molecular weight is 384 g/mol. The maximum Gasteiger partial charge on any atom is 0.110 e. The van der Waals surface area contributed by atoms with Gasteiger partial charge in [-0.25, -0.2) is 0 Å². The lowest BCUT2D eigenvalue weighted by molar-refractivity contribution is -0.0814. The van der Waals surface area contributed by atoms with E-state index in [1.54, 1.807) is 35.8 Å². The number of benzene rings is 1. The van der Waals surface area contributed by atoms with Crippen molar-refractivity contribution in [3.8, 4) is 0 Å². The quantitative estimate of drug-likeness (QED) is 0.507. The first-order valence-corrected chi connectivity index (χ1v) is 10.4. The van der Waals surface area contributed by atoms with Crippen molar-refractivity contribution in [2.45, 2.75) is 35.4 Å². The van der Waals surface area contributed by atoms with Crippen molar-refractivity contribution in [3.63, 3.8) is 0 Å². The van der Waals surface area contributed by atoms with Gasteiger partial charge in [0.1, 0.15) is 18.3 Å². The number of nitrogens with zero attached hydrogens (tertiary/aromatic N) is 1. The molecule has 2 rings (SSSR count). The summed E-state index contributed by atoms with van der Waals surface area (Å²) in [4.78, 5) is 4.44. The van der Waals surface area contributed by atoms with Gasteiger partial charge in [-0.3, -0.25) is 4.99 Å². The Kier molecular flexibility index (Phi) is 9.02. The summed E-state index contributed by atoms with van der Waals surface area (Å²) < 4.78 is 0.00525. The molecule has 4 atom stereocenters. The summed E-state index contributed by atoms with van der Waals surface area (Å²) in [6.07, 6.45) is 2.36. The molecule has 1 aliphatic rings. The summed E-state index contributed by atoms with van der Waals surface area (Å²) in [5, 5.41) is 39.1. The SMILES string of the molecule is OC[C@@H](O)[C@@H](O)[C@H](O)[C@@H](N=C/C=C/c1ccccc1)C1SCCCS1. The number of aliphatic hydroxyl groups excluding tert-OH is 4. The lowest BCUT2D eigenvalue weighted by atomic mass is 10.0. The molecule has 0 unspecified atom stereocenters.